The second kappa shape index (κ2) is 9.16. The number of hydrogen-bond donors (Lipinski definition) is 1. The van der Waals surface area contributed by atoms with Crippen LogP contribution in [-0.2, 0) is 4.79 Å². The van der Waals surface area contributed by atoms with Gasteiger partial charge in [-0.25, -0.2) is 0 Å². The van der Waals surface area contributed by atoms with Gasteiger partial charge in [-0.05, 0) is 60.2 Å². The van der Waals surface area contributed by atoms with E-state index in [4.69, 9.17) is 17.0 Å². The Bertz CT molecular complexity index is 1170. The minimum absolute atomic E-state index is 0.158. The van der Waals surface area contributed by atoms with Crippen LogP contribution in [0.5, 0.6) is 5.75 Å². The van der Waals surface area contributed by atoms with Crippen LogP contribution in [0.3, 0.4) is 0 Å². The van der Waals surface area contributed by atoms with Gasteiger partial charge in [0.2, 0.25) is 0 Å². The lowest BCUT2D eigenvalue weighted by Crippen LogP contribution is -2.27. The van der Waals surface area contributed by atoms with E-state index in [-0.39, 0.29) is 11.8 Å². The van der Waals surface area contributed by atoms with Crippen LogP contribution in [0.1, 0.15) is 15.9 Å². The molecule has 1 aliphatic rings. The number of nitrogens with zero attached hydrogens (tertiary/aromatic N) is 1. The van der Waals surface area contributed by atoms with E-state index in [0.717, 1.165) is 11.3 Å². The smallest absolute Gasteiger partial charge is 0.270 e. The third-order valence-electron chi connectivity index (χ3n) is 4.60. The molecule has 7 heteroatoms. The molecular formula is C24H18N2O3S2. The van der Waals surface area contributed by atoms with E-state index in [1.165, 1.54) is 16.7 Å². The number of carbonyl (C=O) groups excluding carboxylic acids is 2. The Morgan fingerprint density at radius 3 is 2.48 bits per heavy atom. The van der Waals surface area contributed by atoms with Crippen molar-refractivity contribution in [2.24, 2.45) is 0 Å². The molecule has 3 aromatic carbocycles. The fraction of sp³-hybridized carbons (Fsp3) is 0.0417. The van der Waals surface area contributed by atoms with Gasteiger partial charge in [-0.3, -0.25) is 14.5 Å². The quantitative estimate of drug-likeness (QED) is 0.423. The molecule has 1 heterocycles. The van der Waals surface area contributed by atoms with Crippen molar-refractivity contribution in [2.75, 3.05) is 17.3 Å². The molecule has 1 fully saturated rings. The first-order valence-electron chi connectivity index (χ1n) is 9.43. The first-order valence-corrected chi connectivity index (χ1v) is 10.7. The predicted octanol–water partition coefficient (Wildman–Crippen LogP) is 5.35. The summed E-state index contributed by atoms with van der Waals surface area (Å²) < 4.78 is 5.61. The summed E-state index contributed by atoms with van der Waals surface area (Å²) in [5.74, 6) is 0.301. The second-order valence-corrected chi connectivity index (χ2v) is 8.34. The van der Waals surface area contributed by atoms with Crippen LogP contribution < -0.4 is 15.0 Å². The topological polar surface area (TPSA) is 58.6 Å². The maximum Gasteiger partial charge on any atom is 0.270 e. The molecule has 5 nitrogen and oxygen atoms in total. The highest BCUT2D eigenvalue weighted by molar-refractivity contribution is 8.27. The van der Waals surface area contributed by atoms with Crippen molar-refractivity contribution in [3.63, 3.8) is 0 Å². The normalized spacial score (nSPS) is 14.7. The standard InChI is InChI=1S/C24H18N2O3S2/c1-29-20-12-10-17(11-13-20)22(27)25-18-7-5-6-16(14-18)15-21-23(28)26(24(30)31-21)19-8-3-2-4-9-19/h2-15H,1H3,(H,25,27). The van der Waals surface area contributed by atoms with E-state index >= 15 is 0 Å². The number of nitrogens with one attached hydrogen (secondary N) is 1. The van der Waals surface area contributed by atoms with Crippen LogP contribution in [0.15, 0.2) is 83.8 Å². The molecule has 0 radical (unpaired) electrons. The Morgan fingerprint density at radius 1 is 1.03 bits per heavy atom. The Balaban J connectivity index is 1.51. The first-order chi connectivity index (χ1) is 15.0. The molecule has 1 N–H and O–H groups in total. The number of methoxy groups -OCH3 is 1. The highest BCUT2D eigenvalue weighted by atomic mass is 32.2. The molecule has 3 aromatic rings. The van der Waals surface area contributed by atoms with Crippen molar-refractivity contribution < 1.29 is 14.3 Å². The van der Waals surface area contributed by atoms with Crippen LogP contribution in [0.4, 0.5) is 11.4 Å². The van der Waals surface area contributed by atoms with Crippen molar-refractivity contribution in [1.29, 1.82) is 0 Å². The Morgan fingerprint density at radius 2 is 1.77 bits per heavy atom. The third kappa shape index (κ3) is 4.68. The number of anilines is 2. The number of para-hydroxylation sites is 1. The SMILES string of the molecule is COc1ccc(C(=O)Nc2cccc(C=C3SC(=S)N(c4ccccc4)C3=O)c2)cc1. The number of amides is 2. The number of hydrogen-bond acceptors (Lipinski definition) is 5. The van der Waals surface area contributed by atoms with Crippen LogP contribution >= 0.6 is 24.0 Å². The zero-order chi connectivity index (χ0) is 21.8. The van der Waals surface area contributed by atoms with E-state index < -0.39 is 0 Å². The summed E-state index contributed by atoms with van der Waals surface area (Å²) >= 11 is 6.67. The molecule has 154 valence electrons. The summed E-state index contributed by atoms with van der Waals surface area (Å²) in [6, 6.07) is 23.5. The van der Waals surface area contributed by atoms with Crippen LogP contribution in [0, 0.1) is 0 Å². The summed E-state index contributed by atoms with van der Waals surface area (Å²) in [6.07, 6.45) is 1.78. The summed E-state index contributed by atoms with van der Waals surface area (Å²) in [5, 5.41) is 2.88. The second-order valence-electron chi connectivity index (χ2n) is 6.66. The zero-order valence-corrected chi connectivity index (χ0v) is 18.2. The Labute approximate surface area is 189 Å². The highest BCUT2D eigenvalue weighted by Crippen LogP contribution is 2.36. The molecule has 31 heavy (non-hydrogen) atoms. The lowest BCUT2D eigenvalue weighted by molar-refractivity contribution is -0.113. The van der Waals surface area contributed by atoms with Crippen molar-refractivity contribution in [2.45, 2.75) is 0 Å². The molecule has 0 aromatic heterocycles. The van der Waals surface area contributed by atoms with E-state index in [0.29, 0.717) is 26.2 Å². The van der Waals surface area contributed by atoms with E-state index in [2.05, 4.69) is 5.32 Å². The maximum atomic E-state index is 12.9. The van der Waals surface area contributed by atoms with Gasteiger partial charge in [0.1, 0.15) is 5.75 Å². The minimum atomic E-state index is -0.227. The van der Waals surface area contributed by atoms with Crippen LogP contribution in [0.2, 0.25) is 0 Å². The highest BCUT2D eigenvalue weighted by Gasteiger charge is 2.33. The van der Waals surface area contributed by atoms with Gasteiger partial charge < -0.3 is 10.1 Å². The fourth-order valence-corrected chi connectivity index (χ4v) is 4.37. The van der Waals surface area contributed by atoms with Gasteiger partial charge >= 0.3 is 0 Å². The molecule has 2 amide bonds. The summed E-state index contributed by atoms with van der Waals surface area (Å²) in [7, 11) is 1.58. The van der Waals surface area contributed by atoms with Gasteiger partial charge in [-0.15, -0.1) is 0 Å². The van der Waals surface area contributed by atoms with Gasteiger partial charge in [0.05, 0.1) is 17.7 Å². The maximum absolute atomic E-state index is 12.9. The first kappa shape index (κ1) is 20.8. The molecule has 1 saturated heterocycles. The van der Waals surface area contributed by atoms with Gasteiger partial charge in [0.15, 0.2) is 4.32 Å². The van der Waals surface area contributed by atoms with Crippen molar-refractivity contribution in [3.8, 4) is 5.75 Å². The summed E-state index contributed by atoms with van der Waals surface area (Å²) in [6.45, 7) is 0. The molecule has 0 saturated carbocycles. The van der Waals surface area contributed by atoms with Gasteiger partial charge in [-0.1, -0.05) is 54.3 Å². The lowest BCUT2D eigenvalue weighted by Gasteiger charge is -2.13. The van der Waals surface area contributed by atoms with Crippen molar-refractivity contribution in [1.82, 2.24) is 0 Å². The average Bonchev–Trinajstić information content (AvgIpc) is 3.07. The molecule has 4 rings (SSSR count). The minimum Gasteiger partial charge on any atom is -0.497 e. The predicted molar refractivity (Wildman–Crippen MR) is 129 cm³/mol. The number of carbonyl (C=O) groups is 2. The van der Waals surface area contributed by atoms with E-state index in [1.807, 2.05) is 48.5 Å². The fourth-order valence-electron chi connectivity index (χ4n) is 3.07. The Kier molecular flexibility index (Phi) is 6.16. The zero-order valence-electron chi connectivity index (χ0n) is 16.6. The van der Waals surface area contributed by atoms with Crippen LogP contribution in [0.25, 0.3) is 6.08 Å². The number of benzene rings is 3. The van der Waals surface area contributed by atoms with Crippen LogP contribution in [-0.4, -0.2) is 23.2 Å². The number of ether oxygens (including phenoxy) is 1. The number of thioether (sulfide) groups is 1. The third-order valence-corrected chi connectivity index (χ3v) is 5.90. The molecule has 1 aliphatic heterocycles. The van der Waals surface area contributed by atoms with Gasteiger partial charge in [-0.2, -0.15) is 0 Å². The number of rotatable bonds is 5. The molecular weight excluding hydrogens is 428 g/mol. The average molecular weight is 447 g/mol. The lowest BCUT2D eigenvalue weighted by atomic mass is 10.1. The Hall–Kier alpha value is -3.42. The molecule has 0 bridgehead atoms. The van der Waals surface area contributed by atoms with Crippen molar-refractivity contribution >= 4 is 57.6 Å². The summed E-state index contributed by atoms with van der Waals surface area (Å²) in [5.41, 5.74) is 2.69. The monoisotopic (exact) mass is 446 g/mol. The summed E-state index contributed by atoms with van der Waals surface area (Å²) in [4.78, 5) is 27.5. The van der Waals surface area contributed by atoms with Gasteiger partial charge in [0.25, 0.3) is 11.8 Å². The van der Waals surface area contributed by atoms with Gasteiger partial charge in [0, 0.05) is 11.3 Å². The largest absolute Gasteiger partial charge is 0.497 e. The van der Waals surface area contributed by atoms with E-state index in [9.17, 15) is 9.59 Å². The van der Waals surface area contributed by atoms with E-state index in [1.54, 1.807) is 43.5 Å². The van der Waals surface area contributed by atoms with Crippen molar-refractivity contribution in [3.05, 3.63) is 94.9 Å². The molecule has 0 unspecified atom stereocenters. The molecule has 0 spiro atoms. The molecule has 0 atom stereocenters. The molecule has 0 aliphatic carbocycles. The number of thiocarbonyl (C=S) groups is 1.